The van der Waals surface area contributed by atoms with E-state index in [1.54, 1.807) is 17.0 Å². The topological polar surface area (TPSA) is 66.9 Å². The van der Waals surface area contributed by atoms with Gasteiger partial charge in [0.1, 0.15) is 11.7 Å². The van der Waals surface area contributed by atoms with Gasteiger partial charge in [0.05, 0.1) is 12.6 Å². The first kappa shape index (κ1) is 26.6. The molecule has 0 N–H and O–H groups in total. The molecule has 35 heavy (non-hydrogen) atoms. The minimum Gasteiger partial charge on any atom is -0.493 e. The van der Waals surface area contributed by atoms with Crippen LogP contribution in [0, 0.1) is 25.7 Å². The molecule has 0 bridgehead atoms. The monoisotopic (exact) mass is 478 g/mol. The summed E-state index contributed by atoms with van der Waals surface area (Å²) < 4.78 is 5.80. The molecule has 2 unspecified atom stereocenters. The summed E-state index contributed by atoms with van der Waals surface area (Å²) in [5.74, 6) is -1.50. The molecule has 6 nitrogen and oxygen atoms in total. The van der Waals surface area contributed by atoms with Crippen LogP contribution >= 0.6 is 0 Å². The van der Waals surface area contributed by atoms with Crippen LogP contribution in [-0.2, 0) is 9.59 Å². The SMILES string of the molecule is CCN(CC)CCN1C(=O)C(=O)C(C(=O)c2ccc(OCC(C)C)cc2C)C1c1ccc(C)cc1. The first-order valence-electron chi connectivity index (χ1n) is 12.6. The highest BCUT2D eigenvalue weighted by atomic mass is 16.5. The minimum absolute atomic E-state index is 0.313. The Balaban J connectivity index is 1.96. The maximum absolute atomic E-state index is 13.8. The van der Waals surface area contributed by atoms with Crippen LogP contribution in [-0.4, -0.2) is 60.1 Å². The molecular weight excluding hydrogens is 440 g/mol. The van der Waals surface area contributed by atoms with Gasteiger partial charge < -0.3 is 14.5 Å². The summed E-state index contributed by atoms with van der Waals surface area (Å²) >= 11 is 0. The van der Waals surface area contributed by atoms with E-state index in [9.17, 15) is 14.4 Å². The molecule has 0 aliphatic carbocycles. The molecule has 1 aliphatic heterocycles. The summed E-state index contributed by atoms with van der Waals surface area (Å²) in [6.45, 7) is 15.5. The van der Waals surface area contributed by atoms with Crippen LogP contribution in [0.15, 0.2) is 42.5 Å². The highest BCUT2D eigenvalue weighted by Gasteiger charge is 2.51. The van der Waals surface area contributed by atoms with Gasteiger partial charge in [-0.25, -0.2) is 0 Å². The summed E-state index contributed by atoms with van der Waals surface area (Å²) in [4.78, 5) is 44.0. The van der Waals surface area contributed by atoms with Crippen LogP contribution in [0.1, 0.15) is 60.8 Å². The number of likely N-dealkylation sites (tertiary alicyclic amines) is 1. The lowest BCUT2D eigenvalue weighted by Gasteiger charge is -2.29. The predicted octanol–water partition coefficient (Wildman–Crippen LogP) is 4.63. The molecule has 0 spiro atoms. The Morgan fingerprint density at radius 2 is 1.69 bits per heavy atom. The van der Waals surface area contributed by atoms with Crippen molar-refractivity contribution in [3.8, 4) is 5.75 Å². The fourth-order valence-corrected chi connectivity index (χ4v) is 4.59. The van der Waals surface area contributed by atoms with E-state index in [0.29, 0.717) is 36.9 Å². The highest BCUT2D eigenvalue weighted by molar-refractivity contribution is 6.44. The summed E-state index contributed by atoms with van der Waals surface area (Å²) in [5, 5.41) is 0. The number of hydrogen-bond donors (Lipinski definition) is 0. The van der Waals surface area contributed by atoms with Crippen molar-refractivity contribution < 1.29 is 19.1 Å². The van der Waals surface area contributed by atoms with Crippen molar-refractivity contribution in [3.05, 3.63) is 64.7 Å². The Morgan fingerprint density at radius 1 is 1.03 bits per heavy atom. The Labute approximate surface area is 209 Å². The smallest absolute Gasteiger partial charge is 0.291 e. The van der Waals surface area contributed by atoms with Gasteiger partial charge in [-0.2, -0.15) is 0 Å². The molecule has 3 rings (SSSR count). The van der Waals surface area contributed by atoms with Gasteiger partial charge in [-0.1, -0.05) is 57.5 Å². The molecule has 0 saturated carbocycles. The minimum atomic E-state index is -1.07. The van der Waals surface area contributed by atoms with Gasteiger partial charge in [-0.15, -0.1) is 0 Å². The Hall–Kier alpha value is -2.99. The molecule has 2 atom stereocenters. The molecule has 1 amide bonds. The van der Waals surface area contributed by atoms with Gasteiger partial charge >= 0.3 is 0 Å². The number of carbonyl (C=O) groups excluding carboxylic acids is 3. The Bertz CT molecular complexity index is 1060. The second-order valence-corrected chi connectivity index (χ2v) is 9.77. The number of amides is 1. The van der Waals surface area contributed by atoms with E-state index in [2.05, 4.69) is 32.6 Å². The van der Waals surface area contributed by atoms with E-state index in [-0.39, 0.29) is 5.78 Å². The average molecular weight is 479 g/mol. The molecule has 1 heterocycles. The molecule has 0 aromatic heterocycles. The molecule has 1 aliphatic rings. The Kier molecular flexibility index (Phi) is 8.84. The molecular formula is C29H38N2O4. The first-order valence-corrected chi connectivity index (χ1v) is 12.6. The third-order valence-corrected chi connectivity index (χ3v) is 6.71. The quantitative estimate of drug-likeness (QED) is 0.268. The van der Waals surface area contributed by atoms with Gasteiger partial charge in [0.25, 0.3) is 5.91 Å². The molecule has 1 fully saturated rings. The standard InChI is InChI=1S/C29H38N2O4/c1-7-30(8-2)15-16-31-26(22-11-9-20(5)10-12-22)25(28(33)29(31)34)27(32)24-14-13-23(17-21(24)6)35-18-19(3)4/h9-14,17,19,25-26H,7-8,15-16,18H2,1-6H3. The number of aryl methyl sites for hydroxylation is 2. The molecule has 6 heteroatoms. The maximum atomic E-state index is 13.8. The van der Waals surface area contributed by atoms with E-state index < -0.39 is 23.7 Å². The first-order chi connectivity index (χ1) is 16.7. The third-order valence-electron chi connectivity index (χ3n) is 6.71. The normalized spacial score (nSPS) is 18.1. The lowest BCUT2D eigenvalue weighted by molar-refractivity contribution is -0.140. The molecule has 2 aromatic rings. The van der Waals surface area contributed by atoms with Crippen molar-refractivity contribution >= 4 is 17.5 Å². The van der Waals surface area contributed by atoms with Gasteiger partial charge in [0, 0.05) is 18.7 Å². The van der Waals surface area contributed by atoms with Crippen LogP contribution in [0.3, 0.4) is 0 Å². The lowest BCUT2D eigenvalue weighted by Crippen LogP contribution is -2.38. The zero-order valence-electron chi connectivity index (χ0n) is 21.8. The second kappa shape index (κ2) is 11.6. The van der Waals surface area contributed by atoms with Crippen molar-refractivity contribution in [1.82, 2.24) is 9.80 Å². The fourth-order valence-electron chi connectivity index (χ4n) is 4.59. The van der Waals surface area contributed by atoms with Crippen LogP contribution < -0.4 is 4.74 Å². The van der Waals surface area contributed by atoms with Gasteiger partial charge in [-0.05, 0) is 62.2 Å². The van der Waals surface area contributed by atoms with E-state index in [1.807, 2.05) is 44.2 Å². The average Bonchev–Trinajstić information content (AvgIpc) is 3.08. The number of ether oxygens (including phenoxy) is 1. The molecule has 2 aromatic carbocycles. The number of nitrogens with zero attached hydrogens (tertiary/aromatic N) is 2. The second-order valence-electron chi connectivity index (χ2n) is 9.77. The number of likely N-dealkylation sites (N-methyl/N-ethyl adjacent to an activating group) is 1. The van der Waals surface area contributed by atoms with Gasteiger partial charge in [-0.3, -0.25) is 14.4 Å². The van der Waals surface area contributed by atoms with Crippen LogP contribution in [0.5, 0.6) is 5.75 Å². The number of hydrogen-bond acceptors (Lipinski definition) is 5. The van der Waals surface area contributed by atoms with Crippen molar-refractivity contribution in [1.29, 1.82) is 0 Å². The summed E-state index contributed by atoms with van der Waals surface area (Å²) in [7, 11) is 0. The van der Waals surface area contributed by atoms with Crippen molar-refractivity contribution in [2.24, 2.45) is 11.8 Å². The van der Waals surface area contributed by atoms with E-state index in [4.69, 9.17) is 4.74 Å². The van der Waals surface area contributed by atoms with Crippen LogP contribution in [0.4, 0.5) is 0 Å². The summed E-state index contributed by atoms with van der Waals surface area (Å²) in [6, 6.07) is 12.5. The number of rotatable bonds is 11. The van der Waals surface area contributed by atoms with Crippen molar-refractivity contribution in [3.63, 3.8) is 0 Å². The zero-order valence-corrected chi connectivity index (χ0v) is 21.8. The highest BCUT2D eigenvalue weighted by Crippen LogP contribution is 2.39. The van der Waals surface area contributed by atoms with Gasteiger partial charge in [0.15, 0.2) is 5.78 Å². The van der Waals surface area contributed by atoms with Crippen LogP contribution in [0.2, 0.25) is 0 Å². The zero-order chi connectivity index (χ0) is 25.7. The fraction of sp³-hybridized carbons (Fsp3) is 0.483. The maximum Gasteiger partial charge on any atom is 0.291 e. The van der Waals surface area contributed by atoms with Crippen LogP contribution in [0.25, 0.3) is 0 Å². The van der Waals surface area contributed by atoms with E-state index in [0.717, 1.165) is 29.8 Å². The van der Waals surface area contributed by atoms with Crippen molar-refractivity contribution in [2.45, 2.75) is 47.6 Å². The number of benzene rings is 2. The number of Topliss-reactive ketones (excluding diaryl/α,β-unsaturated/α-hetero) is 2. The summed E-state index contributed by atoms with van der Waals surface area (Å²) in [6.07, 6.45) is 0. The van der Waals surface area contributed by atoms with E-state index >= 15 is 0 Å². The van der Waals surface area contributed by atoms with Gasteiger partial charge in [0.2, 0.25) is 5.78 Å². The molecule has 188 valence electrons. The third kappa shape index (κ3) is 5.99. The van der Waals surface area contributed by atoms with E-state index in [1.165, 1.54) is 0 Å². The number of ketones is 2. The van der Waals surface area contributed by atoms with Crippen molar-refractivity contribution in [2.75, 3.05) is 32.8 Å². The molecule has 1 saturated heterocycles. The lowest BCUT2D eigenvalue weighted by atomic mass is 9.85. The number of carbonyl (C=O) groups is 3. The summed E-state index contributed by atoms with van der Waals surface area (Å²) in [5.41, 5.74) is 3.08. The predicted molar refractivity (Wildman–Crippen MR) is 138 cm³/mol. The Morgan fingerprint density at radius 3 is 2.26 bits per heavy atom. The molecule has 0 radical (unpaired) electrons. The largest absolute Gasteiger partial charge is 0.493 e.